The second-order valence-electron chi connectivity index (χ2n) is 5.55. The molecule has 0 radical (unpaired) electrons. The molecule has 1 atom stereocenters. The Morgan fingerprint density at radius 2 is 2.08 bits per heavy atom. The van der Waals surface area contributed by atoms with Crippen molar-refractivity contribution < 1.29 is 24.2 Å². The highest BCUT2D eigenvalue weighted by Crippen LogP contribution is 2.34. The van der Waals surface area contributed by atoms with Crippen LogP contribution in [0, 0.1) is 6.92 Å². The molecule has 0 bridgehead atoms. The van der Waals surface area contributed by atoms with Gasteiger partial charge < -0.3 is 19.9 Å². The fourth-order valence-electron chi connectivity index (χ4n) is 2.61. The minimum atomic E-state index is -1.04. The molecule has 0 fully saturated rings. The third-order valence-corrected chi connectivity index (χ3v) is 3.83. The first kappa shape index (κ1) is 15.9. The van der Waals surface area contributed by atoms with Gasteiger partial charge in [0.15, 0.2) is 6.61 Å². The number of carbonyl (C=O) groups excluding carboxylic acids is 1. The van der Waals surface area contributed by atoms with Gasteiger partial charge in [0, 0.05) is 11.3 Å². The Bertz CT molecular complexity index is 787. The third kappa shape index (κ3) is 3.32. The first-order chi connectivity index (χ1) is 11.5. The number of fused-ring (bicyclic) bond motifs is 1. The average molecular weight is 327 g/mol. The van der Waals surface area contributed by atoms with Gasteiger partial charge >= 0.3 is 5.97 Å². The van der Waals surface area contributed by atoms with Crippen molar-refractivity contribution in [1.82, 2.24) is 0 Å². The fraction of sp³-hybridized carbons (Fsp3) is 0.222. The van der Waals surface area contributed by atoms with Crippen molar-refractivity contribution >= 4 is 17.6 Å². The minimum Gasteiger partial charge on any atom is -0.492 e. The number of aryl methyl sites for hydroxylation is 1. The van der Waals surface area contributed by atoms with E-state index in [1.807, 2.05) is 31.2 Å². The second-order valence-corrected chi connectivity index (χ2v) is 5.55. The monoisotopic (exact) mass is 327 g/mol. The smallest absolute Gasteiger partial charge is 0.341 e. The molecule has 6 heteroatoms. The molecule has 0 spiro atoms. The largest absolute Gasteiger partial charge is 0.492 e. The number of benzene rings is 2. The summed E-state index contributed by atoms with van der Waals surface area (Å²) < 4.78 is 10.7. The average Bonchev–Trinajstić information content (AvgIpc) is 2.99. The van der Waals surface area contributed by atoms with Gasteiger partial charge in [-0.1, -0.05) is 18.2 Å². The molecule has 1 amide bonds. The molecular formula is C18H17NO5. The standard InChI is InChI=1S/C18H17NO5/c1-11-8-12(23-10-17(20)21)6-7-15(11)19-18(22)14-9-24-16-5-3-2-4-13(14)16/h2-8,14H,9-10H2,1H3,(H,19,22)(H,20,21). The van der Waals surface area contributed by atoms with Gasteiger partial charge in [0.05, 0.1) is 0 Å². The van der Waals surface area contributed by atoms with Gasteiger partial charge in [0.25, 0.3) is 0 Å². The zero-order valence-electron chi connectivity index (χ0n) is 13.1. The molecule has 1 aliphatic heterocycles. The molecule has 1 aliphatic rings. The lowest BCUT2D eigenvalue weighted by atomic mass is 10.0. The van der Waals surface area contributed by atoms with Crippen molar-refractivity contribution in [2.24, 2.45) is 0 Å². The summed E-state index contributed by atoms with van der Waals surface area (Å²) in [7, 11) is 0. The van der Waals surface area contributed by atoms with Crippen LogP contribution in [0.15, 0.2) is 42.5 Å². The van der Waals surface area contributed by atoms with Gasteiger partial charge in [-0.15, -0.1) is 0 Å². The number of para-hydroxylation sites is 1. The van der Waals surface area contributed by atoms with Gasteiger partial charge in [0.1, 0.15) is 24.0 Å². The van der Waals surface area contributed by atoms with E-state index < -0.39 is 12.6 Å². The summed E-state index contributed by atoms with van der Waals surface area (Å²) in [4.78, 5) is 23.1. The molecule has 24 heavy (non-hydrogen) atoms. The van der Waals surface area contributed by atoms with Crippen molar-refractivity contribution in [2.75, 3.05) is 18.5 Å². The zero-order valence-corrected chi connectivity index (χ0v) is 13.1. The Labute approximate surface area is 139 Å². The van der Waals surface area contributed by atoms with Gasteiger partial charge in [0.2, 0.25) is 5.91 Å². The van der Waals surface area contributed by atoms with Crippen LogP contribution in [0.3, 0.4) is 0 Å². The summed E-state index contributed by atoms with van der Waals surface area (Å²) in [6.45, 7) is 1.74. The lowest BCUT2D eigenvalue weighted by molar-refractivity contribution is -0.139. The quantitative estimate of drug-likeness (QED) is 0.881. The zero-order chi connectivity index (χ0) is 17.1. The van der Waals surface area contributed by atoms with Crippen LogP contribution in [-0.4, -0.2) is 30.2 Å². The number of carboxylic acids is 1. The highest BCUT2D eigenvalue weighted by atomic mass is 16.5. The van der Waals surface area contributed by atoms with E-state index in [1.54, 1.807) is 18.2 Å². The maximum absolute atomic E-state index is 12.5. The number of hydrogen-bond acceptors (Lipinski definition) is 4. The van der Waals surface area contributed by atoms with Crippen molar-refractivity contribution in [3.05, 3.63) is 53.6 Å². The predicted molar refractivity (Wildman–Crippen MR) is 87.6 cm³/mol. The first-order valence-electron chi connectivity index (χ1n) is 7.52. The Hall–Kier alpha value is -3.02. The SMILES string of the molecule is Cc1cc(OCC(=O)O)ccc1NC(=O)C1COc2ccccc21. The number of amides is 1. The Balaban J connectivity index is 1.70. The van der Waals surface area contributed by atoms with Crippen molar-refractivity contribution in [3.8, 4) is 11.5 Å². The van der Waals surface area contributed by atoms with Crippen LogP contribution in [0.2, 0.25) is 0 Å². The van der Waals surface area contributed by atoms with Gasteiger partial charge in [-0.2, -0.15) is 0 Å². The minimum absolute atomic E-state index is 0.137. The lowest BCUT2D eigenvalue weighted by Gasteiger charge is -2.13. The summed E-state index contributed by atoms with van der Waals surface area (Å²) in [5.41, 5.74) is 2.33. The van der Waals surface area contributed by atoms with Crippen molar-refractivity contribution in [1.29, 1.82) is 0 Å². The number of carbonyl (C=O) groups is 2. The topological polar surface area (TPSA) is 84.9 Å². The number of anilines is 1. The van der Waals surface area contributed by atoms with E-state index in [4.69, 9.17) is 14.6 Å². The number of rotatable bonds is 5. The van der Waals surface area contributed by atoms with E-state index in [0.717, 1.165) is 16.9 Å². The van der Waals surface area contributed by atoms with Gasteiger partial charge in [-0.3, -0.25) is 4.79 Å². The molecule has 0 saturated carbocycles. The molecular weight excluding hydrogens is 310 g/mol. The molecule has 0 saturated heterocycles. The highest BCUT2D eigenvalue weighted by molar-refractivity contribution is 5.97. The number of nitrogens with one attached hydrogen (secondary N) is 1. The van der Waals surface area contributed by atoms with Gasteiger partial charge in [-0.25, -0.2) is 4.79 Å². The molecule has 1 unspecified atom stereocenters. The van der Waals surface area contributed by atoms with Crippen LogP contribution >= 0.6 is 0 Å². The number of ether oxygens (including phenoxy) is 2. The Morgan fingerprint density at radius 1 is 1.29 bits per heavy atom. The lowest BCUT2D eigenvalue weighted by Crippen LogP contribution is -2.22. The Morgan fingerprint density at radius 3 is 2.83 bits per heavy atom. The number of carboxylic acid groups (broad SMARTS) is 1. The summed E-state index contributed by atoms with van der Waals surface area (Å²) in [6, 6.07) is 12.5. The van der Waals surface area contributed by atoms with E-state index in [2.05, 4.69) is 5.32 Å². The molecule has 124 valence electrons. The molecule has 0 aromatic heterocycles. The van der Waals surface area contributed by atoms with Crippen LogP contribution < -0.4 is 14.8 Å². The van der Waals surface area contributed by atoms with E-state index in [9.17, 15) is 9.59 Å². The normalized spacial score (nSPS) is 15.3. The van der Waals surface area contributed by atoms with E-state index in [-0.39, 0.29) is 11.8 Å². The third-order valence-electron chi connectivity index (χ3n) is 3.83. The van der Waals surface area contributed by atoms with Crippen LogP contribution in [0.5, 0.6) is 11.5 Å². The summed E-state index contributed by atoms with van der Waals surface area (Å²) in [5, 5.41) is 11.5. The van der Waals surface area contributed by atoms with Gasteiger partial charge in [-0.05, 0) is 36.8 Å². The van der Waals surface area contributed by atoms with Crippen LogP contribution in [0.1, 0.15) is 17.0 Å². The molecule has 2 aromatic rings. The molecule has 0 aliphatic carbocycles. The molecule has 2 aromatic carbocycles. The second kappa shape index (κ2) is 6.62. The first-order valence-corrected chi connectivity index (χ1v) is 7.52. The summed E-state index contributed by atoms with van der Waals surface area (Å²) in [5.74, 6) is -0.329. The predicted octanol–water partition coefficient (Wildman–Crippen LogP) is 2.57. The van der Waals surface area contributed by atoms with Crippen molar-refractivity contribution in [3.63, 3.8) is 0 Å². The molecule has 1 heterocycles. The van der Waals surface area contributed by atoms with Crippen LogP contribution in [-0.2, 0) is 9.59 Å². The maximum atomic E-state index is 12.5. The number of hydrogen-bond donors (Lipinski definition) is 2. The molecule has 6 nitrogen and oxygen atoms in total. The van der Waals surface area contributed by atoms with E-state index in [0.29, 0.717) is 18.0 Å². The molecule has 3 rings (SSSR count). The van der Waals surface area contributed by atoms with Crippen molar-refractivity contribution in [2.45, 2.75) is 12.8 Å². The van der Waals surface area contributed by atoms with E-state index >= 15 is 0 Å². The summed E-state index contributed by atoms with van der Waals surface area (Å²) in [6.07, 6.45) is 0. The Kier molecular flexibility index (Phi) is 4.37. The van der Waals surface area contributed by atoms with Crippen LogP contribution in [0.4, 0.5) is 5.69 Å². The summed E-state index contributed by atoms with van der Waals surface area (Å²) >= 11 is 0. The molecule has 2 N–H and O–H groups in total. The fourth-order valence-corrected chi connectivity index (χ4v) is 2.61. The highest BCUT2D eigenvalue weighted by Gasteiger charge is 2.30. The number of aliphatic carboxylic acids is 1. The maximum Gasteiger partial charge on any atom is 0.341 e. The van der Waals surface area contributed by atoms with E-state index in [1.165, 1.54) is 0 Å². The van der Waals surface area contributed by atoms with Crippen LogP contribution in [0.25, 0.3) is 0 Å².